The molecule has 2 aromatic rings. The van der Waals surface area contributed by atoms with Gasteiger partial charge in [0, 0.05) is 25.2 Å². The van der Waals surface area contributed by atoms with Gasteiger partial charge in [0.1, 0.15) is 5.82 Å². The molecule has 1 fully saturated rings. The summed E-state index contributed by atoms with van der Waals surface area (Å²) >= 11 is 0. The van der Waals surface area contributed by atoms with Gasteiger partial charge in [-0.15, -0.1) is 0 Å². The van der Waals surface area contributed by atoms with Crippen LogP contribution in [0.4, 0.5) is 4.39 Å². The molecule has 0 aliphatic carbocycles. The van der Waals surface area contributed by atoms with Crippen LogP contribution >= 0.6 is 0 Å². The van der Waals surface area contributed by atoms with Crippen LogP contribution < -0.4 is 4.74 Å². The Morgan fingerprint density at radius 1 is 1.46 bits per heavy atom. The third-order valence-corrected chi connectivity index (χ3v) is 4.66. The normalized spacial score (nSPS) is 17.9. The minimum Gasteiger partial charge on any atom is -0.481 e. The zero-order valence-electron chi connectivity index (χ0n) is 14.2. The summed E-state index contributed by atoms with van der Waals surface area (Å²) in [6.45, 7) is 3.40. The van der Waals surface area contributed by atoms with Gasteiger partial charge in [-0.05, 0) is 38.4 Å². The number of hydrogen-bond donors (Lipinski definition) is 0. The van der Waals surface area contributed by atoms with Crippen LogP contribution in [0.5, 0.6) is 5.88 Å². The first-order valence-corrected chi connectivity index (χ1v) is 8.05. The molecular formula is C18H21FN4O. The second-order valence-corrected chi connectivity index (χ2v) is 6.18. The van der Waals surface area contributed by atoms with E-state index in [9.17, 15) is 4.39 Å². The molecule has 0 radical (unpaired) electrons. The molecule has 24 heavy (non-hydrogen) atoms. The molecule has 1 aromatic carbocycles. The number of likely N-dealkylation sites (tertiary alicyclic amines) is 1. The number of nitriles is 1. The molecular weight excluding hydrogens is 307 g/mol. The number of ether oxygens (including phenoxy) is 1. The lowest BCUT2D eigenvalue weighted by Gasteiger charge is -2.25. The summed E-state index contributed by atoms with van der Waals surface area (Å²) < 4.78 is 21.5. The Morgan fingerprint density at radius 2 is 2.25 bits per heavy atom. The lowest BCUT2D eigenvalue weighted by Crippen LogP contribution is -2.24. The first-order valence-electron chi connectivity index (χ1n) is 8.05. The highest BCUT2D eigenvalue weighted by atomic mass is 19.1. The van der Waals surface area contributed by atoms with Crippen molar-refractivity contribution in [1.29, 1.82) is 5.26 Å². The van der Waals surface area contributed by atoms with E-state index in [0.29, 0.717) is 17.7 Å². The predicted molar refractivity (Wildman–Crippen MR) is 88.0 cm³/mol. The molecule has 6 heteroatoms. The summed E-state index contributed by atoms with van der Waals surface area (Å²) in [6.07, 6.45) is 2.06. The van der Waals surface area contributed by atoms with Crippen molar-refractivity contribution in [2.45, 2.75) is 32.4 Å². The van der Waals surface area contributed by atoms with Crippen molar-refractivity contribution in [2.24, 2.45) is 7.05 Å². The molecule has 3 rings (SSSR count). The van der Waals surface area contributed by atoms with Crippen molar-refractivity contribution >= 4 is 0 Å². The third kappa shape index (κ3) is 2.87. The molecule has 1 atom stereocenters. The molecule has 1 aliphatic heterocycles. The Balaban J connectivity index is 1.88. The van der Waals surface area contributed by atoms with E-state index >= 15 is 0 Å². The highest BCUT2D eigenvalue weighted by molar-refractivity contribution is 5.36. The van der Waals surface area contributed by atoms with Crippen LogP contribution in [0.2, 0.25) is 0 Å². The van der Waals surface area contributed by atoms with E-state index in [1.807, 2.05) is 20.0 Å². The molecule has 1 saturated heterocycles. The number of aryl methyl sites for hydroxylation is 2. The molecule has 5 nitrogen and oxygen atoms in total. The van der Waals surface area contributed by atoms with Crippen LogP contribution in [-0.2, 0) is 13.6 Å². The van der Waals surface area contributed by atoms with E-state index < -0.39 is 0 Å². The zero-order chi connectivity index (χ0) is 17.3. The minimum absolute atomic E-state index is 0.170. The third-order valence-electron chi connectivity index (χ3n) is 4.66. The number of benzene rings is 1. The molecule has 1 aromatic heterocycles. The Bertz CT molecular complexity index is 793. The fraction of sp³-hybridized carbons (Fsp3) is 0.444. The summed E-state index contributed by atoms with van der Waals surface area (Å²) in [5.41, 5.74) is 3.00. The lowest BCUT2D eigenvalue weighted by molar-refractivity contribution is 0.238. The fourth-order valence-corrected chi connectivity index (χ4v) is 3.59. The molecule has 0 unspecified atom stereocenters. The largest absolute Gasteiger partial charge is 0.481 e. The Hall–Kier alpha value is -2.39. The van der Waals surface area contributed by atoms with Gasteiger partial charge in [0.05, 0.1) is 30.0 Å². The maximum Gasteiger partial charge on any atom is 0.216 e. The van der Waals surface area contributed by atoms with Gasteiger partial charge in [0.15, 0.2) is 0 Å². The summed E-state index contributed by atoms with van der Waals surface area (Å²) in [7, 11) is 3.52. The standard InChI is InChI=1S/C18H21FN4O/c1-12-17(18(24-3)22(2)21-12)16-5-4-8-23(16)11-14-7-6-13(10-20)9-15(14)19/h6-7,9,16H,4-5,8,11H2,1-3H3/t16-/m1/s1. The van der Waals surface area contributed by atoms with E-state index in [1.54, 1.807) is 23.9 Å². The maximum atomic E-state index is 14.2. The highest BCUT2D eigenvalue weighted by Crippen LogP contribution is 2.39. The Labute approximate surface area is 141 Å². The van der Waals surface area contributed by atoms with Crippen LogP contribution in [0.1, 0.15) is 41.3 Å². The van der Waals surface area contributed by atoms with Crippen molar-refractivity contribution in [1.82, 2.24) is 14.7 Å². The van der Waals surface area contributed by atoms with Crippen LogP contribution in [0.3, 0.4) is 0 Å². The van der Waals surface area contributed by atoms with Gasteiger partial charge in [-0.2, -0.15) is 10.4 Å². The molecule has 0 spiro atoms. The van der Waals surface area contributed by atoms with E-state index in [0.717, 1.165) is 36.5 Å². The molecule has 2 heterocycles. The Morgan fingerprint density at radius 3 is 2.92 bits per heavy atom. The fourth-order valence-electron chi connectivity index (χ4n) is 3.59. The lowest BCUT2D eigenvalue weighted by atomic mass is 10.0. The van der Waals surface area contributed by atoms with Gasteiger partial charge >= 0.3 is 0 Å². The maximum absolute atomic E-state index is 14.2. The smallest absolute Gasteiger partial charge is 0.216 e. The van der Waals surface area contributed by atoms with E-state index in [2.05, 4.69) is 10.00 Å². The highest BCUT2D eigenvalue weighted by Gasteiger charge is 2.32. The SMILES string of the molecule is COc1c([C@H]2CCCN2Cc2ccc(C#N)cc2F)c(C)nn1C. The van der Waals surface area contributed by atoms with Crippen LogP contribution in [0, 0.1) is 24.1 Å². The second kappa shape index (κ2) is 6.62. The van der Waals surface area contributed by atoms with E-state index in [4.69, 9.17) is 10.00 Å². The molecule has 0 bridgehead atoms. The molecule has 126 valence electrons. The van der Waals surface area contributed by atoms with Crippen molar-refractivity contribution < 1.29 is 9.13 Å². The van der Waals surface area contributed by atoms with Gasteiger partial charge in [0.25, 0.3) is 0 Å². The number of rotatable bonds is 4. The van der Waals surface area contributed by atoms with Crippen molar-refractivity contribution in [3.63, 3.8) is 0 Å². The zero-order valence-corrected chi connectivity index (χ0v) is 14.2. The van der Waals surface area contributed by atoms with E-state index in [-0.39, 0.29) is 11.9 Å². The van der Waals surface area contributed by atoms with Crippen molar-refractivity contribution in [2.75, 3.05) is 13.7 Å². The van der Waals surface area contributed by atoms with Crippen molar-refractivity contribution in [3.8, 4) is 11.9 Å². The summed E-state index contributed by atoms with van der Waals surface area (Å²) in [5, 5.41) is 13.3. The first kappa shape index (κ1) is 16.5. The first-order chi connectivity index (χ1) is 11.5. The number of hydrogen-bond acceptors (Lipinski definition) is 4. The Kier molecular flexibility index (Phi) is 4.54. The van der Waals surface area contributed by atoms with Crippen LogP contribution in [-0.4, -0.2) is 28.3 Å². The van der Waals surface area contributed by atoms with Gasteiger partial charge in [0.2, 0.25) is 5.88 Å². The topological polar surface area (TPSA) is 54.1 Å². The van der Waals surface area contributed by atoms with Gasteiger partial charge in [-0.1, -0.05) is 6.07 Å². The molecule has 0 saturated carbocycles. The predicted octanol–water partition coefficient (Wildman–Crippen LogP) is 3.09. The van der Waals surface area contributed by atoms with Gasteiger partial charge in [-0.25, -0.2) is 9.07 Å². The van der Waals surface area contributed by atoms with E-state index in [1.165, 1.54) is 6.07 Å². The number of halogens is 1. The average molecular weight is 328 g/mol. The van der Waals surface area contributed by atoms with Crippen LogP contribution in [0.15, 0.2) is 18.2 Å². The monoisotopic (exact) mass is 328 g/mol. The minimum atomic E-state index is -0.324. The van der Waals surface area contributed by atoms with Crippen molar-refractivity contribution in [3.05, 3.63) is 46.4 Å². The molecule has 1 aliphatic rings. The number of aromatic nitrogens is 2. The summed E-state index contributed by atoms with van der Waals surface area (Å²) in [6, 6.07) is 6.81. The van der Waals surface area contributed by atoms with Gasteiger partial charge in [-0.3, -0.25) is 4.90 Å². The summed E-state index contributed by atoms with van der Waals surface area (Å²) in [4.78, 5) is 2.26. The van der Waals surface area contributed by atoms with Gasteiger partial charge < -0.3 is 4.74 Å². The molecule has 0 amide bonds. The number of methoxy groups -OCH3 is 1. The second-order valence-electron chi connectivity index (χ2n) is 6.18. The summed E-state index contributed by atoms with van der Waals surface area (Å²) in [5.74, 6) is 0.444. The van der Waals surface area contributed by atoms with Crippen LogP contribution in [0.25, 0.3) is 0 Å². The molecule has 0 N–H and O–H groups in total. The quantitative estimate of drug-likeness (QED) is 0.865. The number of nitrogens with zero attached hydrogens (tertiary/aromatic N) is 4. The average Bonchev–Trinajstić information content (AvgIpc) is 3.12.